The van der Waals surface area contributed by atoms with Crippen LogP contribution in [0, 0.1) is 5.92 Å². The smallest absolute Gasteiger partial charge is 0.338 e. The van der Waals surface area contributed by atoms with Crippen molar-refractivity contribution in [3.8, 4) is 0 Å². The Morgan fingerprint density at radius 3 is 2.70 bits per heavy atom. The van der Waals surface area contributed by atoms with Crippen LogP contribution in [0.2, 0.25) is 0 Å². The van der Waals surface area contributed by atoms with Crippen molar-refractivity contribution in [3.05, 3.63) is 41.1 Å². The molecule has 1 atom stereocenters. The Balaban J connectivity index is 1.91. The Labute approximate surface area is 181 Å². The average Bonchev–Trinajstić information content (AvgIpc) is 2.72. The molecule has 1 saturated heterocycles. The summed E-state index contributed by atoms with van der Waals surface area (Å²) in [6.07, 6.45) is 1.03. The van der Waals surface area contributed by atoms with E-state index in [-0.39, 0.29) is 30.4 Å². The molecule has 1 fully saturated rings. The molecule has 1 amide bonds. The molecule has 30 heavy (non-hydrogen) atoms. The van der Waals surface area contributed by atoms with Crippen molar-refractivity contribution in [2.45, 2.75) is 33.2 Å². The molecule has 162 valence electrons. The third-order valence-electron chi connectivity index (χ3n) is 4.81. The topological polar surface area (TPSA) is 80.2 Å². The van der Waals surface area contributed by atoms with Crippen molar-refractivity contribution in [1.82, 2.24) is 4.90 Å². The average molecular weight is 432 g/mol. The van der Waals surface area contributed by atoms with Gasteiger partial charge in [0.1, 0.15) is 6.61 Å². The number of allylic oxidation sites excluding steroid dienone is 1. The fraction of sp³-hybridized carbons (Fsp3) is 0.500. The number of benzene rings is 1. The maximum Gasteiger partial charge on any atom is 0.338 e. The molecule has 3 rings (SSSR count). The van der Waals surface area contributed by atoms with Gasteiger partial charge in [0.05, 0.1) is 23.9 Å². The second kappa shape index (κ2) is 10.1. The summed E-state index contributed by atoms with van der Waals surface area (Å²) in [5.74, 6) is 0.754. The molecule has 2 aliphatic heterocycles. The zero-order valence-electron chi connectivity index (χ0n) is 17.9. The highest BCUT2D eigenvalue weighted by Gasteiger charge is 2.37. The molecule has 8 heteroatoms. The van der Waals surface area contributed by atoms with Crippen LogP contribution < -0.4 is 5.32 Å². The van der Waals surface area contributed by atoms with Crippen LogP contribution in [-0.2, 0) is 19.1 Å². The first-order valence-corrected chi connectivity index (χ1v) is 11.1. The van der Waals surface area contributed by atoms with E-state index in [9.17, 15) is 9.59 Å². The minimum Gasteiger partial charge on any atom is -0.462 e. The highest BCUT2D eigenvalue weighted by atomic mass is 32.2. The fourth-order valence-electron chi connectivity index (χ4n) is 3.47. The van der Waals surface area contributed by atoms with Crippen molar-refractivity contribution in [1.29, 1.82) is 0 Å². The number of hydrogen-bond acceptors (Lipinski definition) is 7. The lowest BCUT2D eigenvalue weighted by Gasteiger charge is -2.40. The van der Waals surface area contributed by atoms with E-state index in [0.717, 1.165) is 29.4 Å². The molecule has 0 radical (unpaired) electrons. The van der Waals surface area contributed by atoms with Gasteiger partial charge in [0, 0.05) is 25.1 Å². The van der Waals surface area contributed by atoms with Gasteiger partial charge in [-0.1, -0.05) is 37.7 Å². The molecular weight excluding hydrogens is 402 g/mol. The van der Waals surface area contributed by atoms with Gasteiger partial charge in [0.25, 0.3) is 0 Å². The van der Waals surface area contributed by atoms with Gasteiger partial charge in [0.15, 0.2) is 5.17 Å². The molecule has 1 unspecified atom stereocenters. The van der Waals surface area contributed by atoms with Gasteiger partial charge in [-0.15, -0.1) is 0 Å². The zero-order valence-corrected chi connectivity index (χ0v) is 18.8. The molecule has 2 aliphatic rings. The molecule has 0 aliphatic carbocycles. The van der Waals surface area contributed by atoms with Gasteiger partial charge in [-0.3, -0.25) is 4.79 Å². The van der Waals surface area contributed by atoms with Crippen molar-refractivity contribution in [2.24, 2.45) is 10.9 Å². The van der Waals surface area contributed by atoms with E-state index in [0.29, 0.717) is 23.6 Å². The Hall–Kier alpha value is -2.32. The van der Waals surface area contributed by atoms with Crippen molar-refractivity contribution < 1.29 is 19.1 Å². The number of nitrogens with zero attached hydrogens (tertiary/aromatic N) is 2. The summed E-state index contributed by atoms with van der Waals surface area (Å²) >= 11 is 1.72. The predicted octanol–water partition coefficient (Wildman–Crippen LogP) is 3.59. The first-order valence-electron chi connectivity index (χ1n) is 10.2. The summed E-state index contributed by atoms with van der Waals surface area (Å²) in [5.41, 5.74) is 2.93. The van der Waals surface area contributed by atoms with Crippen molar-refractivity contribution >= 4 is 34.5 Å². The summed E-state index contributed by atoms with van der Waals surface area (Å²) in [7, 11) is 1.48. The SMILES string of the molecule is COCC(=O)Nc1ccc(C2C(C(=O)OCC(C)C)=C(C)N=C3SCCCN32)cc1. The molecule has 7 nitrogen and oxygen atoms in total. The van der Waals surface area contributed by atoms with Crippen LogP contribution in [0.1, 0.15) is 38.8 Å². The number of nitrogens with one attached hydrogen (secondary N) is 1. The number of carbonyl (C=O) groups excluding carboxylic acids is 2. The monoisotopic (exact) mass is 431 g/mol. The third-order valence-corrected chi connectivity index (χ3v) is 5.89. The fourth-order valence-corrected chi connectivity index (χ4v) is 4.49. The molecule has 2 heterocycles. The Kier molecular flexibility index (Phi) is 7.55. The van der Waals surface area contributed by atoms with Gasteiger partial charge in [-0.25, -0.2) is 9.79 Å². The highest BCUT2D eigenvalue weighted by molar-refractivity contribution is 8.13. The normalized spacial score (nSPS) is 18.8. The van der Waals surface area contributed by atoms with Gasteiger partial charge < -0.3 is 19.7 Å². The number of methoxy groups -OCH3 is 1. The Morgan fingerprint density at radius 1 is 1.30 bits per heavy atom. The van der Waals surface area contributed by atoms with Crippen LogP contribution in [0.4, 0.5) is 5.69 Å². The minimum absolute atomic E-state index is 0.00295. The molecule has 1 N–H and O–H groups in total. The number of anilines is 1. The lowest BCUT2D eigenvalue weighted by Crippen LogP contribution is -2.42. The number of rotatable bonds is 7. The van der Waals surface area contributed by atoms with Crippen molar-refractivity contribution in [2.75, 3.05) is 37.9 Å². The van der Waals surface area contributed by atoms with E-state index in [1.54, 1.807) is 11.8 Å². The standard InChI is InChI=1S/C22H29N3O4S/c1-14(2)12-29-21(27)19-15(3)23-22-25(10-5-11-30-22)20(19)16-6-8-17(9-7-16)24-18(26)13-28-4/h6-9,14,20H,5,10-13H2,1-4H3,(H,24,26). The van der Waals surface area contributed by atoms with Crippen molar-refractivity contribution in [3.63, 3.8) is 0 Å². The summed E-state index contributed by atoms with van der Waals surface area (Å²) in [6.45, 7) is 7.11. The van der Waals surface area contributed by atoms with E-state index in [2.05, 4.69) is 10.2 Å². The predicted molar refractivity (Wildman–Crippen MR) is 119 cm³/mol. The number of aliphatic imine (C=N–C) groups is 1. The summed E-state index contributed by atoms with van der Waals surface area (Å²) in [4.78, 5) is 31.7. The van der Waals surface area contributed by atoms with E-state index >= 15 is 0 Å². The molecule has 0 aromatic heterocycles. The van der Waals surface area contributed by atoms with Gasteiger partial charge in [0.2, 0.25) is 5.91 Å². The number of carbonyl (C=O) groups is 2. The van der Waals surface area contributed by atoms with E-state index in [1.807, 2.05) is 45.0 Å². The van der Waals surface area contributed by atoms with E-state index < -0.39 is 0 Å². The Bertz CT molecular complexity index is 848. The maximum absolute atomic E-state index is 13.0. The number of amides is 1. The lowest BCUT2D eigenvalue weighted by atomic mass is 9.94. The number of fused-ring (bicyclic) bond motifs is 1. The summed E-state index contributed by atoms with van der Waals surface area (Å²) in [5, 5.41) is 3.74. The van der Waals surface area contributed by atoms with Crippen LogP contribution in [-0.4, -0.2) is 54.6 Å². The molecule has 0 spiro atoms. The summed E-state index contributed by atoms with van der Waals surface area (Å²) < 4.78 is 10.4. The number of amidine groups is 1. The van der Waals surface area contributed by atoms with Crippen LogP contribution in [0.5, 0.6) is 0 Å². The van der Waals surface area contributed by atoms with E-state index in [1.165, 1.54) is 7.11 Å². The minimum atomic E-state index is -0.318. The summed E-state index contributed by atoms with van der Waals surface area (Å²) in [6, 6.07) is 7.32. The van der Waals surface area contributed by atoms with Crippen LogP contribution in [0.15, 0.2) is 40.5 Å². The van der Waals surface area contributed by atoms with Crippen LogP contribution in [0.3, 0.4) is 0 Å². The molecule has 1 aromatic rings. The lowest BCUT2D eigenvalue weighted by molar-refractivity contribution is -0.141. The largest absolute Gasteiger partial charge is 0.462 e. The van der Waals surface area contributed by atoms with Crippen LogP contribution in [0.25, 0.3) is 0 Å². The number of thioether (sulfide) groups is 1. The second-order valence-electron chi connectivity index (χ2n) is 7.79. The van der Waals surface area contributed by atoms with Crippen LogP contribution >= 0.6 is 11.8 Å². The first kappa shape index (κ1) is 22.4. The van der Waals surface area contributed by atoms with Gasteiger partial charge in [-0.05, 0) is 37.0 Å². The molecular formula is C22H29N3O4S. The Morgan fingerprint density at radius 2 is 2.03 bits per heavy atom. The number of esters is 1. The molecule has 1 aromatic carbocycles. The maximum atomic E-state index is 13.0. The van der Waals surface area contributed by atoms with Gasteiger partial charge in [-0.2, -0.15) is 0 Å². The number of hydrogen-bond donors (Lipinski definition) is 1. The zero-order chi connectivity index (χ0) is 21.7. The molecule has 0 bridgehead atoms. The molecule has 0 saturated carbocycles. The van der Waals surface area contributed by atoms with Gasteiger partial charge >= 0.3 is 5.97 Å². The third kappa shape index (κ3) is 5.23. The first-order chi connectivity index (χ1) is 14.4. The number of ether oxygens (including phenoxy) is 2. The highest BCUT2D eigenvalue weighted by Crippen LogP contribution is 2.40. The second-order valence-corrected chi connectivity index (χ2v) is 8.85. The van der Waals surface area contributed by atoms with E-state index in [4.69, 9.17) is 14.5 Å². The quantitative estimate of drug-likeness (QED) is 0.665.